The number of nitrogens with one attached hydrogen (secondary N) is 1. The smallest absolute Gasteiger partial charge is 0.341 e. The number of fused-ring (bicyclic) bond motifs is 1. The van der Waals surface area contributed by atoms with Gasteiger partial charge >= 0.3 is 5.97 Å². The number of benzene rings is 1. The van der Waals surface area contributed by atoms with Crippen LogP contribution in [0.3, 0.4) is 0 Å². The zero-order valence-electron chi connectivity index (χ0n) is 18.6. The molecular weight excluding hydrogens is 458 g/mol. The highest BCUT2D eigenvalue weighted by Gasteiger charge is 2.26. The molecule has 0 spiro atoms. The van der Waals surface area contributed by atoms with E-state index >= 15 is 0 Å². The van der Waals surface area contributed by atoms with Gasteiger partial charge in [0.25, 0.3) is 0 Å². The van der Waals surface area contributed by atoms with Crippen LogP contribution in [0, 0.1) is 0 Å². The van der Waals surface area contributed by atoms with Gasteiger partial charge in [-0.2, -0.15) is 4.68 Å². The molecule has 33 heavy (non-hydrogen) atoms. The number of carbonyl (C=O) groups excluding carboxylic acids is 2. The van der Waals surface area contributed by atoms with Crippen LogP contribution in [0.5, 0.6) is 0 Å². The van der Waals surface area contributed by atoms with E-state index in [1.165, 1.54) is 40.8 Å². The Morgan fingerprint density at radius 3 is 2.73 bits per heavy atom. The summed E-state index contributed by atoms with van der Waals surface area (Å²) in [5.74, 6) is 0.0297. The number of thioether (sulfide) groups is 1. The molecule has 0 aliphatic heterocycles. The number of ether oxygens (including phenoxy) is 1. The summed E-state index contributed by atoms with van der Waals surface area (Å²) in [4.78, 5) is 26.7. The number of para-hydroxylation sites is 1. The molecule has 2 heterocycles. The first-order valence-electron chi connectivity index (χ1n) is 11.3. The van der Waals surface area contributed by atoms with Crippen molar-refractivity contribution in [2.75, 3.05) is 17.7 Å². The maximum atomic E-state index is 12.7. The molecule has 8 nitrogen and oxygen atoms in total. The minimum absolute atomic E-state index is 0.138. The minimum atomic E-state index is -0.345. The van der Waals surface area contributed by atoms with Crippen molar-refractivity contribution < 1.29 is 14.3 Å². The van der Waals surface area contributed by atoms with Gasteiger partial charge in [0.15, 0.2) is 0 Å². The van der Waals surface area contributed by atoms with Crippen LogP contribution in [-0.4, -0.2) is 44.4 Å². The predicted octanol–water partition coefficient (Wildman–Crippen LogP) is 4.68. The van der Waals surface area contributed by atoms with E-state index < -0.39 is 0 Å². The Kier molecular flexibility index (Phi) is 8.11. The number of hydrogen-bond acceptors (Lipinski definition) is 8. The van der Waals surface area contributed by atoms with Gasteiger partial charge in [0.2, 0.25) is 11.1 Å². The van der Waals surface area contributed by atoms with Crippen LogP contribution in [0.4, 0.5) is 5.00 Å². The number of aromatic nitrogens is 4. The fourth-order valence-corrected chi connectivity index (χ4v) is 5.97. The molecule has 0 fully saturated rings. The molecule has 0 atom stereocenters. The second-order valence-corrected chi connectivity index (χ2v) is 9.87. The van der Waals surface area contributed by atoms with Crippen LogP contribution in [0.25, 0.3) is 5.69 Å². The Hall–Kier alpha value is -2.72. The van der Waals surface area contributed by atoms with Crippen LogP contribution >= 0.6 is 23.1 Å². The van der Waals surface area contributed by atoms with Gasteiger partial charge in [0, 0.05) is 17.1 Å². The van der Waals surface area contributed by atoms with Crippen molar-refractivity contribution in [2.24, 2.45) is 0 Å². The minimum Gasteiger partial charge on any atom is -0.462 e. The van der Waals surface area contributed by atoms with Crippen molar-refractivity contribution in [2.45, 2.75) is 57.0 Å². The number of aryl methyl sites for hydroxylation is 1. The maximum absolute atomic E-state index is 12.7. The van der Waals surface area contributed by atoms with Crippen LogP contribution < -0.4 is 5.32 Å². The molecule has 0 radical (unpaired) electrons. The fraction of sp³-hybridized carbons (Fsp3) is 0.435. The van der Waals surface area contributed by atoms with Gasteiger partial charge in [-0.25, -0.2) is 4.79 Å². The molecule has 1 aromatic carbocycles. The molecule has 0 bridgehead atoms. The lowest BCUT2D eigenvalue weighted by atomic mass is 9.96. The highest BCUT2D eigenvalue weighted by molar-refractivity contribution is 7.99. The topological polar surface area (TPSA) is 99.0 Å². The third kappa shape index (κ3) is 5.80. The lowest BCUT2D eigenvalue weighted by Crippen LogP contribution is -2.16. The van der Waals surface area contributed by atoms with Gasteiger partial charge in [0.1, 0.15) is 5.00 Å². The van der Waals surface area contributed by atoms with Crippen LogP contribution in [0.1, 0.15) is 59.8 Å². The quantitative estimate of drug-likeness (QED) is 0.365. The maximum Gasteiger partial charge on any atom is 0.341 e. The van der Waals surface area contributed by atoms with Crippen molar-refractivity contribution in [1.82, 2.24) is 20.2 Å². The second kappa shape index (κ2) is 11.4. The largest absolute Gasteiger partial charge is 0.462 e. The van der Waals surface area contributed by atoms with Crippen molar-refractivity contribution in [1.29, 1.82) is 0 Å². The first-order valence-corrected chi connectivity index (χ1v) is 13.1. The van der Waals surface area contributed by atoms with Crippen LogP contribution in [0.15, 0.2) is 35.5 Å². The first-order chi connectivity index (χ1) is 16.2. The zero-order valence-corrected chi connectivity index (χ0v) is 20.2. The number of rotatable bonds is 8. The van der Waals surface area contributed by atoms with Gasteiger partial charge < -0.3 is 10.1 Å². The SMILES string of the molecule is CCOC(=O)c1c(NC(=O)CCSc2nnnn2-c2ccccc2)sc2c1CCCCCC2. The van der Waals surface area contributed by atoms with E-state index in [4.69, 9.17) is 4.74 Å². The monoisotopic (exact) mass is 485 g/mol. The summed E-state index contributed by atoms with van der Waals surface area (Å²) in [5, 5.41) is 16.1. The number of thiophene rings is 1. The van der Waals surface area contributed by atoms with E-state index in [1.807, 2.05) is 30.3 Å². The molecule has 1 N–H and O–H groups in total. The zero-order chi connectivity index (χ0) is 23.0. The Morgan fingerprint density at radius 2 is 1.94 bits per heavy atom. The third-order valence-electron chi connectivity index (χ3n) is 5.41. The Bertz CT molecular complexity index is 1100. The Morgan fingerprint density at radius 1 is 1.15 bits per heavy atom. The normalized spacial score (nSPS) is 13.6. The number of amides is 1. The summed E-state index contributed by atoms with van der Waals surface area (Å²) in [6.45, 7) is 2.11. The van der Waals surface area contributed by atoms with Crippen molar-refractivity contribution in [3.63, 3.8) is 0 Å². The molecule has 0 unspecified atom stereocenters. The lowest BCUT2D eigenvalue weighted by molar-refractivity contribution is -0.115. The van der Waals surface area contributed by atoms with Gasteiger partial charge in [-0.15, -0.1) is 16.4 Å². The standard InChI is InChI=1S/C23H27N5O3S2/c1-2-31-22(30)20-17-12-8-3-4-9-13-18(17)33-21(20)24-19(29)14-15-32-23-25-26-27-28(23)16-10-6-5-7-11-16/h5-7,10-11H,2-4,8-9,12-15H2,1H3,(H,24,29). The molecule has 0 saturated heterocycles. The van der Waals surface area contributed by atoms with E-state index in [-0.39, 0.29) is 18.3 Å². The summed E-state index contributed by atoms with van der Waals surface area (Å²) < 4.78 is 6.97. The molecule has 0 saturated carbocycles. The van der Waals surface area contributed by atoms with E-state index in [0.717, 1.165) is 36.9 Å². The van der Waals surface area contributed by atoms with E-state index in [2.05, 4.69) is 20.8 Å². The number of anilines is 1. The molecule has 2 aromatic heterocycles. The fourth-order valence-electron chi connectivity index (χ4n) is 3.85. The van der Waals surface area contributed by atoms with Gasteiger partial charge in [-0.3, -0.25) is 4.79 Å². The Labute approximate surface area is 201 Å². The number of hydrogen-bond donors (Lipinski definition) is 1. The van der Waals surface area contributed by atoms with Crippen LogP contribution in [-0.2, 0) is 22.4 Å². The predicted molar refractivity (Wildman–Crippen MR) is 129 cm³/mol. The molecule has 3 aromatic rings. The van der Waals surface area contributed by atoms with Crippen molar-refractivity contribution >= 4 is 40.0 Å². The number of esters is 1. The summed E-state index contributed by atoms with van der Waals surface area (Å²) in [6, 6.07) is 9.62. The number of nitrogens with zero attached hydrogens (tertiary/aromatic N) is 4. The highest BCUT2D eigenvalue weighted by Crippen LogP contribution is 2.37. The van der Waals surface area contributed by atoms with E-state index in [0.29, 0.717) is 28.1 Å². The van der Waals surface area contributed by atoms with Gasteiger partial charge in [0.05, 0.1) is 17.9 Å². The average Bonchev–Trinajstić information content (AvgIpc) is 3.39. The molecule has 174 valence electrons. The van der Waals surface area contributed by atoms with Gasteiger partial charge in [-0.1, -0.05) is 42.8 Å². The van der Waals surface area contributed by atoms with Crippen molar-refractivity contribution in [3.8, 4) is 5.69 Å². The number of tetrazole rings is 1. The molecule has 1 aliphatic carbocycles. The van der Waals surface area contributed by atoms with Crippen LogP contribution in [0.2, 0.25) is 0 Å². The molecule has 1 aliphatic rings. The molecule has 1 amide bonds. The lowest BCUT2D eigenvalue weighted by Gasteiger charge is -2.11. The summed E-state index contributed by atoms with van der Waals surface area (Å²) in [5.41, 5.74) is 2.47. The molecular formula is C23H27N5O3S2. The first kappa shape index (κ1) is 23.4. The second-order valence-electron chi connectivity index (χ2n) is 7.70. The van der Waals surface area contributed by atoms with E-state index in [1.54, 1.807) is 11.6 Å². The molecule has 10 heteroatoms. The molecule has 4 rings (SSSR count). The highest BCUT2D eigenvalue weighted by atomic mass is 32.2. The average molecular weight is 486 g/mol. The van der Waals surface area contributed by atoms with E-state index in [9.17, 15) is 9.59 Å². The number of carbonyl (C=O) groups is 2. The van der Waals surface area contributed by atoms with Crippen molar-refractivity contribution in [3.05, 3.63) is 46.3 Å². The summed E-state index contributed by atoms with van der Waals surface area (Å²) >= 11 is 2.94. The summed E-state index contributed by atoms with van der Waals surface area (Å²) in [6.07, 6.45) is 6.60. The van der Waals surface area contributed by atoms with Gasteiger partial charge in [-0.05, 0) is 60.7 Å². The summed E-state index contributed by atoms with van der Waals surface area (Å²) in [7, 11) is 0. The third-order valence-corrected chi connectivity index (χ3v) is 7.53. The Balaban J connectivity index is 1.42.